The van der Waals surface area contributed by atoms with Gasteiger partial charge in [0.25, 0.3) is 0 Å². The fourth-order valence-electron chi connectivity index (χ4n) is 1.82. The second-order valence-electron chi connectivity index (χ2n) is 6.12. The smallest absolute Gasteiger partial charge is 0.314 e. The van der Waals surface area contributed by atoms with E-state index in [4.69, 9.17) is 5.11 Å². The predicted octanol–water partition coefficient (Wildman–Crippen LogP) is 2.56. The van der Waals surface area contributed by atoms with Crippen LogP contribution in [0.1, 0.15) is 40.5 Å². The molecule has 3 N–H and O–H groups in total. The van der Waals surface area contributed by atoms with Gasteiger partial charge < -0.3 is 15.7 Å². The zero-order valence-corrected chi connectivity index (χ0v) is 14.0. The molecule has 0 saturated carbocycles. The van der Waals surface area contributed by atoms with Crippen LogP contribution in [-0.4, -0.2) is 41.2 Å². The summed E-state index contributed by atoms with van der Waals surface area (Å²) in [4.78, 5) is 22.5. The average Bonchev–Trinajstić information content (AvgIpc) is 2.32. The molecule has 0 aliphatic heterocycles. The van der Waals surface area contributed by atoms with Crippen LogP contribution in [-0.2, 0) is 4.79 Å². The lowest BCUT2D eigenvalue weighted by Gasteiger charge is -2.23. The van der Waals surface area contributed by atoms with Crippen molar-refractivity contribution in [2.45, 2.75) is 45.3 Å². The number of aliphatic carboxylic acids is 1. The fraction of sp³-hybridized carbons (Fsp3) is 0.857. The zero-order chi connectivity index (χ0) is 15.8. The summed E-state index contributed by atoms with van der Waals surface area (Å²) in [5, 5.41) is 14.5. The molecule has 118 valence electrons. The molecule has 0 spiro atoms. The van der Waals surface area contributed by atoms with E-state index in [9.17, 15) is 9.59 Å². The molecule has 5 nitrogen and oxygen atoms in total. The van der Waals surface area contributed by atoms with E-state index in [2.05, 4.69) is 38.3 Å². The van der Waals surface area contributed by atoms with E-state index in [1.54, 1.807) is 11.8 Å². The molecule has 0 aliphatic rings. The van der Waals surface area contributed by atoms with Crippen LogP contribution in [0.2, 0.25) is 0 Å². The Kier molecular flexibility index (Phi) is 8.69. The number of carboxylic acids is 1. The van der Waals surface area contributed by atoms with E-state index in [1.807, 2.05) is 6.26 Å². The van der Waals surface area contributed by atoms with Crippen molar-refractivity contribution in [3.8, 4) is 0 Å². The Balaban J connectivity index is 4.13. The summed E-state index contributed by atoms with van der Waals surface area (Å²) in [6.07, 6.45) is 2.89. The van der Waals surface area contributed by atoms with E-state index in [-0.39, 0.29) is 23.1 Å². The monoisotopic (exact) mass is 304 g/mol. The van der Waals surface area contributed by atoms with Gasteiger partial charge >= 0.3 is 12.0 Å². The van der Waals surface area contributed by atoms with Gasteiger partial charge in [-0.05, 0) is 38.4 Å². The lowest BCUT2D eigenvalue weighted by atomic mass is 9.94. The molecule has 0 bridgehead atoms. The van der Waals surface area contributed by atoms with Crippen LogP contribution < -0.4 is 10.6 Å². The molecule has 0 aromatic carbocycles. The van der Waals surface area contributed by atoms with Gasteiger partial charge in [-0.3, -0.25) is 4.79 Å². The first-order valence-corrected chi connectivity index (χ1v) is 8.17. The molecule has 20 heavy (non-hydrogen) atoms. The molecule has 1 atom stereocenters. The van der Waals surface area contributed by atoms with E-state index < -0.39 is 5.97 Å². The summed E-state index contributed by atoms with van der Waals surface area (Å²) in [6.45, 7) is 9.20. The summed E-state index contributed by atoms with van der Waals surface area (Å²) in [7, 11) is 0. The number of urea groups is 1. The van der Waals surface area contributed by atoms with Crippen molar-refractivity contribution in [1.82, 2.24) is 10.6 Å². The van der Waals surface area contributed by atoms with Gasteiger partial charge in [0.15, 0.2) is 0 Å². The number of hydrogen-bond donors (Lipinski definition) is 3. The quantitative estimate of drug-likeness (QED) is 0.612. The molecule has 0 rings (SSSR count). The minimum Gasteiger partial charge on any atom is -0.481 e. The maximum Gasteiger partial charge on any atom is 0.314 e. The highest BCUT2D eigenvalue weighted by Gasteiger charge is 2.18. The van der Waals surface area contributed by atoms with Gasteiger partial charge in [0, 0.05) is 24.3 Å². The number of carbonyl (C=O) groups excluding carboxylic acids is 1. The molecule has 0 aliphatic carbocycles. The molecular weight excluding hydrogens is 276 g/mol. The maximum absolute atomic E-state index is 11.7. The number of nitrogens with one attached hydrogen (secondary N) is 2. The third-order valence-electron chi connectivity index (χ3n) is 3.05. The summed E-state index contributed by atoms with van der Waals surface area (Å²) >= 11 is 1.69. The summed E-state index contributed by atoms with van der Waals surface area (Å²) in [5.74, 6) is -0.423. The van der Waals surface area contributed by atoms with Gasteiger partial charge in [-0.2, -0.15) is 11.8 Å². The van der Waals surface area contributed by atoms with Crippen molar-refractivity contribution in [1.29, 1.82) is 0 Å². The molecule has 0 aromatic heterocycles. The Bertz CT molecular complexity index is 320. The van der Waals surface area contributed by atoms with Gasteiger partial charge in [0.05, 0.1) is 0 Å². The average molecular weight is 304 g/mol. The molecule has 0 saturated heterocycles. The minimum absolute atomic E-state index is 0.00423. The Morgan fingerprint density at radius 3 is 2.30 bits per heavy atom. The van der Waals surface area contributed by atoms with Gasteiger partial charge in [-0.1, -0.05) is 13.8 Å². The SMILES string of the molecule is CSC(C)(C)CNC(=O)NCC(CC(=O)O)CC(C)C. The predicted molar refractivity (Wildman–Crippen MR) is 84.2 cm³/mol. The molecule has 0 heterocycles. The van der Waals surface area contributed by atoms with E-state index in [0.717, 1.165) is 6.42 Å². The number of carboxylic acid groups (broad SMARTS) is 1. The van der Waals surface area contributed by atoms with Crippen LogP contribution >= 0.6 is 11.8 Å². The molecule has 6 heteroatoms. The number of hydrogen-bond acceptors (Lipinski definition) is 3. The lowest BCUT2D eigenvalue weighted by molar-refractivity contribution is -0.138. The summed E-state index contributed by atoms with van der Waals surface area (Å²) in [5.41, 5.74) is 0. The summed E-state index contributed by atoms with van der Waals surface area (Å²) < 4.78 is -0.00423. The van der Waals surface area contributed by atoms with Crippen molar-refractivity contribution < 1.29 is 14.7 Å². The lowest BCUT2D eigenvalue weighted by Crippen LogP contribution is -2.43. The summed E-state index contributed by atoms with van der Waals surface area (Å²) in [6, 6.07) is -0.230. The highest BCUT2D eigenvalue weighted by molar-refractivity contribution is 7.99. The van der Waals surface area contributed by atoms with E-state index >= 15 is 0 Å². The molecule has 0 fully saturated rings. The van der Waals surface area contributed by atoms with Crippen LogP contribution in [0.15, 0.2) is 0 Å². The van der Waals surface area contributed by atoms with Crippen molar-refractivity contribution >= 4 is 23.8 Å². The van der Waals surface area contributed by atoms with Gasteiger partial charge in [-0.15, -0.1) is 0 Å². The van der Waals surface area contributed by atoms with Crippen molar-refractivity contribution in [2.75, 3.05) is 19.3 Å². The fourth-order valence-corrected chi connectivity index (χ4v) is 2.03. The standard InChI is InChI=1S/C14H28N2O3S/c1-10(2)6-11(7-12(17)18)8-15-13(19)16-9-14(3,4)20-5/h10-11H,6-9H2,1-5H3,(H,17,18)(H2,15,16,19). The van der Waals surface area contributed by atoms with Gasteiger partial charge in [-0.25, -0.2) is 4.79 Å². The normalized spacial score (nSPS) is 13.1. The third kappa shape index (κ3) is 9.95. The van der Waals surface area contributed by atoms with Gasteiger partial charge in [0.1, 0.15) is 0 Å². The van der Waals surface area contributed by atoms with Crippen molar-refractivity contribution in [3.63, 3.8) is 0 Å². The Hall–Kier alpha value is -0.910. The largest absolute Gasteiger partial charge is 0.481 e. The number of thioether (sulfide) groups is 1. The second-order valence-corrected chi connectivity index (χ2v) is 7.63. The Morgan fingerprint density at radius 2 is 1.85 bits per heavy atom. The molecule has 1 unspecified atom stereocenters. The number of rotatable bonds is 9. The van der Waals surface area contributed by atoms with Crippen LogP contribution in [0.25, 0.3) is 0 Å². The van der Waals surface area contributed by atoms with Crippen LogP contribution in [0.4, 0.5) is 4.79 Å². The Labute approximate surface area is 126 Å². The molecule has 0 radical (unpaired) electrons. The highest BCUT2D eigenvalue weighted by atomic mass is 32.2. The van der Waals surface area contributed by atoms with Crippen LogP contribution in [0.3, 0.4) is 0 Å². The number of carbonyl (C=O) groups is 2. The number of amides is 2. The Morgan fingerprint density at radius 1 is 1.25 bits per heavy atom. The topological polar surface area (TPSA) is 78.4 Å². The molecular formula is C14H28N2O3S. The molecule has 2 amide bonds. The van der Waals surface area contributed by atoms with Crippen molar-refractivity contribution in [3.05, 3.63) is 0 Å². The van der Waals surface area contributed by atoms with E-state index in [0.29, 0.717) is 19.0 Å². The maximum atomic E-state index is 11.7. The van der Waals surface area contributed by atoms with Crippen molar-refractivity contribution in [2.24, 2.45) is 11.8 Å². The van der Waals surface area contributed by atoms with E-state index in [1.165, 1.54) is 0 Å². The first kappa shape index (κ1) is 19.1. The third-order valence-corrected chi connectivity index (χ3v) is 4.30. The first-order valence-electron chi connectivity index (χ1n) is 6.95. The molecule has 0 aromatic rings. The highest BCUT2D eigenvalue weighted by Crippen LogP contribution is 2.19. The second kappa shape index (κ2) is 9.10. The van der Waals surface area contributed by atoms with Gasteiger partial charge in [0.2, 0.25) is 0 Å². The minimum atomic E-state index is -0.818. The zero-order valence-electron chi connectivity index (χ0n) is 13.2. The van der Waals surface area contributed by atoms with Crippen LogP contribution in [0.5, 0.6) is 0 Å². The first-order chi connectivity index (χ1) is 9.16. The van der Waals surface area contributed by atoms with Crippen LogP contribution in [0, 0.1) is 11.8 Å².